The Bertz CT molecular complexity index is 1660. The zero-order valence-electron chi connectivity index (χ0n) is 26.0. The van der Waals surface area contributed by atoms with E-state index in [0.717, 1.165) is 55.9 Å². The van der Waals surface area contributed by atoms with Gasteiger partial charge >= 0.3 is 0 Å². The number of hydrogen-bond donors (Lipinski definition) is 1. The van der Waals surface area contributed by atoms with E-state index in [1.54, 1.807) is 30.2 Å². The van der Waals surface area contributed by atoms with Crippen LogP contribution in [-0.4, -0.2) is 57.7 Å². The van der Waals surface area contributed by atoms with Gasteiger partial charge in [0.1, 0.15) is 22.8 Å². The van der Waals surface area contributed by atoms with Gasteiger partial charge in [-0.25, -0.2) is 0 Å². The van der Waals surface area contributed by atoms with Crippen molar-refractivity contribution >= 4 is 23.2 Å². The molecule has 1 N–H and O–H groups in total. The van der Waals surface area contributed by atoms with Gasteiger partial charge in [0.2, 0.25) is 0 Å². The standard InChI is InChI=1S/C37H39N3O5/c1-43-32-8-5-4-7-30(32)26-17-20-39(21-18-26)24-25-11-13-28(14-12-25)37(42)40-22-19-27-15-16-29(23-31(27)40)38-36(41)35-33(44-2)9-6-10-34(35)45-3/h4-16,23,26H,17-22,24H2,1-3H3,(H,38,41). The molecule has 0 unspecified atom stereocenters. The maximum Gasteiger partial charge on any atom is 0.263 e. The highest BCUT2D eigenvalue weighted by Gasteiger charge is 2.27. The number of carbonyl (C=O) groups is 2. The molecule has 1 fully saturated rings. The molecule has 6 rings (SSSR count). The number of nitrogens with one attached hydrogen (secondary N) is 1. The second kappa shape index (κ2) is 13.4. The van der Waals surface area contributed by atoms with E-state index in [1.807, 2.05) is 42.5 Å². The molecular formula is C37H39N3O5. The van der Waals surface area contributed by atoms with Gasteiger partial charge in [0.05, 0.1) is 21.3 Å². The summed E-state index contributed by atoms with van der Waals surface area (Å²) in [4.78, 5) is 31.2. The van der Waals surface area contributed by atoms with Crippen molar-refractivity contribution < 1.29 is 23.8 Å². The zero-order valence-corrected chi connectivity index (χ0v) is 26.0. The van der Waals surface area contributed by atoms with Crippen LogP contribution in [0.3, 0.4) is 0 Å². The van der Waals surface area contributed by atoms with Crippen molar-refractivity contribution in [1.82, 2.24) is 4.90 Å². The Morgan fingerprint density at radius 1 is 0.778 bits per heavy atom. The van der Waals surface area contributed by atoms with Crippen LogP contribution in [0.25, 0.3) is 0 Å². The van der Waals surface area contributed by atoms with Gasteiger partial charge in [0.15, 0.2) is 0 Å². The molecule has 0 radical (unpaired) electrons. The summed E-state index contributed by atoms with van der Waals surface area (Å²) >= 11 is 0. The highest BCUT2D eigenvalue weighted by atomic mass is 16.5. The van der Waals surface area contributed by atoms with Crippen LogP contribution in [0.1, 0.15) is 56.2 Å². The molecule has 1 saturated heterocycles. The summed E-state index contributed by atoms with van der Waals surface area (Å²) in [5.41, 5.74) is 5.94. The van der Waals surface area contributed by atoms with Crippen LogP contribution in [0.15, 0.2) is 84.9 Å². The molecule has 2 amide bonds. The number of amides is 2. The number of methoxy groups -OCH3 is 3. The fourth-order valence-corrected chi connectivity index (χ4v) is 6.51. The van der Waals surface area contributed by atoms with Crippen molar-refractivity contribution in [3.05, 3.63) is 113 Å². The molecule has 8 nitrogen and oxygen atoms in total. The number of anilines is 2. The van der Waals surface area contributed by atoms with Crippen molar-refractivity contribution in [2.75, 3.05) is 51.2 Å². The Balaban J connectivity index is 1.09. The van der Waals surface area contributed by atoms with E-state index >= 15 is 0 Å². The van der Waals surface area contributed by atoms with Crippen LogP contribution in [0, 0.1) is 0 Å². The molecule has 2 aliphatic heterocycles. The van der Waals surface area contributed by atoms with Gasteiger partial charge in [-0.05, 0) is 97.4 Å². The van der Waals surface area contributed by atoms with Crippen molar-refractivity contribution in [1.29, 1.82) is 0 Å². The average molecular weight is 606 g/mol. The predicted octanol–water partition coefficient (Wildman–Crippen LogP) is 6.55. The number of likely N-dealkylation sites (tertiary alicyclic amines) is 1. The third kappa shape index (κ3) is 6.37. The third-order valence-electron chi connectivity index (χ3n) is 8.91. The van der Waals surface area contributed by atoms with Crippen molar-refractivity contribution in [2.45, 2.75) is 31.7 Å². The summed E-state index contributed by atoms with van der Waals surface area (Å²) in [5.74, 6) is 1.94. The molecule has 0 aliphatic carbocycles. The molecular weight excluding hydrogens is 566 g/mol. The first kappa shape index (κ1) is 30.2. The summed E-state index contributed by atoms with van der Waals surface area (Å²) in [6.45, 7) is 3.50. The van der Waals surface area contributed by atoms with Gasteiger partial charge in [0.25, 0.3) is 11.8 Å². The quantitative estimate of drug-likeness (QED) is 0.233. The number of nitrogens with zero attached hydrogens (tertiary/aromatic N) is 2. The molecule has 2 aliphatic rings. The van der Waals surface area contributed by atoms with Gasteiger partial charge < -0.3 is 24.4 Å². The first-order valence-electron chi connectivity index (χ1n) is 15.4. The molecule has 0 spiro atoms. The van der Waals surface area contributed by atoms with Gasteiger partial charge in [0, 0.05) is 30.0 Å². The third-order valence-corrected chi connectivity index (χ3v) is 8.91. The lowest BCUT2D eigenvalue weighted by Crippen LogP contribution is -2.32. The summed E-state index contributed by atoms with van der Waals surface area (Å²) in [6, 6.07) is 27.2. The van der Waals surface area contributed by atoms with E-state index in [9.17, 15) is 9.59 Å². The molecule has 232 valence electrons. The number of para-hydroxylation sites is 1. The van der Waals surface area contributed by atoms with Crippen LogP contribution in [-0.2, 0) is 13.0 Å². The van der Waals surface area contributed by atoms with Crippen LogP contribution < -0.4 is 24.4 Å². The van der Waals surface area contributed by atoms with E-state index in [1.165, 1.54) is 25.3 Å². The number of rotatable bonds is 9. The Labute approximate surface area is 264 Å². The lowest BCUT2D eigenvalue weighted by Gasteiger charge is -2.32. The van der Waals surface area contributed by atoms with Crippen LogP contribution in [0.5, 0.6) is 17.2 Å². The number of fused-ring (bicyclic) bond motifs is 1. The molecule has 4 aromatic rings. The molecule has 0 atom stereocenters. The van der Waals surface area contributed by atoms with E-state index in [2.05, 4.69) is 34.5 Å². The van der Waals surface area contributed by atoms with E-state index in [4.69, 9.17) is 14.2 Å². The monoisotopic (exact) mass is 605 g/mol. The minimum atomic E-state index is -0.347. The zero-order chi connectivity index (χ0) is 31.3. The first-order chi connectivity index (χ1) is 22.0. The number of benzene rings is 4. The Morgan fingerprint density at radius 2 is 1.44 bits per heavy atom. The maximum absolute atomic E-state index is 13.6. The van der Waals surface area contributed by atoms with Gasteiger partial charge in [-0.15, -0.1) is 0 Å². The molecule has 2 heterocycles. The summed E-state index contributed by atoms with van der Waals surface area (Å²) in [7, 11) is 4.78. The molecule has 0 bridgehead atoms. The smallest absolute Gasteiger partial charge is 0.263 e. The Kier molecular flexibility index (Phi) is 9.03. The second-order valence-corrected chi connectivity index (χ2v) is 11.5. The van der Waals surface area contributed by atoms with Crippen LogP contribution in [0.2, 0.25) is 0 Å². The number of ether oxygens (including phenoxy) is 3. The fraction of sp³-hybridized carbons (Fsp3) is 0.297. The normalized spacial score (nSPS) is 15.0. The topological polar surface area (TPSA) is 80.3 Å². The number of carbonyl (C=O) groups excluding carboxylic acids is 2. The SMILES string of the molecule is COc1ccccc1C1CCN(Cc2ccc(C(=O)N3CCc4ccc(NC(=O)c5c(OC)cccc5OC)cc43)cc2)CC1. The lowest BCUT2D eigenvalue weighted by molar-refractivity contribution is 0.0987. The summed E-state index contributed by atoms with van der Waals surface area (Å²) < 4.78 is 16.4. The molecule has 0 aromatic heterocycles. The Morgan fingerprint density at radius 3 is 2.13 bits per heavy atom. The van der Waals surface area contributed by atoms with E-state index in [-0.39, 0.29) is 11.8 Å². The average Bonchev–Trinajstić information content (AvgIpc) is 3.51. The molecule has 8 heteroatoms. The molecule has 0 saturated carbocycles. The first-order valence-corrected chi connectivity index (χ1v) is 15.4. The van der Waals surface area contributed by atoms with Gasteiger partial charge in [-0.3, -0.25) is 14.5 Å². The Hall–Kier alpha value is -4.82. The minimum absolute atomic E-state index is 0.0483. The second-order valence-electron chi connectivity index (χ2n) is 11.5. The predicted molar refractivity (Wildman–Crippen MR) is 176 cm³/mol. The fourth-order valence-electron chi connectivity index (χ4n) is 6.51. The minimum Gasteiger partial charge on any atom is -0.496 e. The summed E-state index contributed by atoms with van der Waals surface area (Å²) in [5, 5.41) is 2.95. The van der Waals surface area contributed by atoms with E-state index in [0.29, 0.717) is 40.8 Å². The highest BCUT2D eigenvalue weighted by molar-refractivity contribution is 6.10. The van der Waals surface area contributed by atoms with Crippen LogP contribution in [0.4, 0.5) is 11.4 Å². The van der Waals surface area contributed by atoms with Crippen molar-refractivity contribution in [3.63, 3.8) is 0 Å². The van der Waals surface area contributed by atoms with Crippen LogP contribution >= 0.6 is 0 Å². The number of hydrogen-bond acceptors (Lipinski definition) is 6. The van der Waals surface area contributed by atoms with E-state index < -0.39 is 0 Å². The van der Waals surface area contributed by atoms with Gasteiger partial charge in [-0.1, -0.05) is 42.5 Å². The van der Waals surface area contributed by atoms with Crippen molar-refractivity contribution in [2.24, 2.45) is 0 Å². The number of piperidine rings is 1. The van der Waals surface area contributed by atoms with Gasteiger partial charge in [-0.2, -0.15) is 0 Å². The lowest BCUT2D eigenvalue weighted by atomic mass is 9.88. The summed E-state index contributed by atoms with van der Waals surface area (Å²) in [6.07, 6.45) is 2.96. The maximum atomic E-state index is 13.6. The highest BCUT2D eigenvalue weighted by Crippen LogP contribution is 2.36. The molecule has 45 heavy (non-hydrogen) atoms. The largest absolute Gasteiger partial charge is 0.496 e. The van der Waals surface area contributed by atoms with Crippen molar-refractivity contribution in [3.8, 4) is 17.2 Å². The molecule has 4 aromatic carbocycles.